The number of carbonyl (C=O) groups is 2. The topological polar surface area (TPSA) is 87.9 Å². The first-order valence-corrected chi connectivity index (χ1v) is 10.7. The highest BCUT2D eigenvalue weighted by Crippen LogP contribution is 2.22. The van der Waals surface area contributed by atoms with Gasteiger partial charge in [0.1, 0.15) is 5.58 Å². The van der Waals surface area contributed by atoms with E-state index in [-0.39, 0.29) is 48.5 Å². The van der Waals surface area contributed by atoms with Gasteiger partial charge in [0.15, 0.2) is 11.5 Å². The van der Waals surface area contributed by atoms with Crippen LogP contribution in [-0.2, 0) is 10.0 Å². The summed E-state index contributed by atoms with van der Waals surface area (Å²) in [5.74, 6) is -0.113. The number of sulfonamides is 1. The van der Waals surface area contributed by atoms with Crippen LogP contribution in [0.5, 0.6) is 0 Å². The fourth-order valence-electron chi connectivity index (χ4n) is 3.39. The number of Topliss-reactive ketones (excluding diaryl/α,β-unsaturated/α-hetero) is 1. The minimum absolute atomic E-state index is 0.119. The SMILES string of the molecule is CC(=O)c1ccc(S(=O)(=O)N2CCN(C(=O)c3cc4ccccc4o3)CC2)cc1. The predicted octanol–water partition coefficient (Wildman–Crippen LogP) is 2.78. The fraction of sp³-hybridized carbons (Fsp3) is 0.238. The maximum atomic E-state index is 12.9. The van der Waals surface area contributed by atoms with Crippen LogP contribution in [0.3, 0.4) is 0 Å². The maximum Gasteiger partial charge on any atom is 0.289 e. The number of ketones is 1. The van der Waals surface area contributed by atoms with Gasteiger partial charge >= 0.3 is 0 Å². The number of hydrogen-bond donors (Lipinski definition) is 0. The summed E-state index contributed by atoms with van der Waals surface area (Å²) in [4.78, 5) is 25.8. The van der Waals surface area contributed by atoms with E-state index in [1.54, 1.807) is 17.0 Å². The third-order valence-electron chi connectivity index (χ3n) is 5.06. The van der Waals surface area contributed by atoms with Gasteiger partial charge in [0.25, 0.3) is 5.91 Å². The van der Waals surface area contributed by atoms with Crippen LogP contribution in [0, 0.1) is 0 Å². The Bertz CT molecular complexity index is 1140. The van der Waals surface area contributed by atoms with Gasteiger partial charge in [-0.2, -0.15) is 4.31 Å². The number of furan rings is 1. The van der Waals surface area contributed by atoms with E-state index in [0.29, 0.717) is 11.1 Å². The second kappa shape index (κ2) is 7.46. The Kier molecular flexibility index (Phi) is 4.97. The molecule has 0 bridgehead atoms. The lowest BCUT2D eigenvalue weighted by Crippen LogP contribution is -2.50. The van der Waals surface area contributed by atoms with Crippen molar-refractivity contribution in [3.63, 3.8) is 0 Å². The van der Waals surface area contributed by atoms with E-state index < -0.39 is 10.0 Å². The molecule has 1 aliphatic rings. The second-order valence-corrected chi connectivity index (χ2v) is 8.86. The van der Waals surface area contributed by atoms with Crippen LogP contribution in [0.15, 0.2) is 63.9 Å². The van der Waals surface area contributed by atoms with E-state index in [1.807, 2.05) is 18.2 Å². The fourth-order valence-corrected chi connectivity index (χ4v) is 4.81. The summed E-state index contributed by atoms with van der Waals surface area (Å²) >= 11 is 0. The minimum Gasteiger partial charge on any atom is -0.451 e. The normalized spacial score (nSPS) is 15.6. The number of para-hydroxylation sites is 1. The lowest BCUT2D eigenvalue weighted by Gasteiger charge is -2.33. The zero-order valence-corrected chi connectivity index (χ0v) is 16.7. The number of carbonyl (C=O) groups excluding carboxylic acids is 2. The van der Waals surface area contributed by atoms with Crippen molar-refractivity contribution in [1.29, 1.82) is 0 Å². The van der Waals surface area contributed by atoms with E-state index in [1.165, 1.54) is 35.5 Å². The number of amides is 1. The van der Waals surface area contributed by atoms with Crippen molar-refractivity contribution in [1.82, 2.24) is 9.21 Å². The number of nitrogens with zero attached hydrogens (tertiary/aromatic N) is 2. The third kappa shape index (κ3) is 3.68. The second-order valence-electron chi connectivity index (χ2n) is 6.93. The summed E-state index contributed by atoms with van der Waals surface area (Å²) in [6.07, 6.45) is 0. The molecule has 0 radical (unpaired) electrons. The Labute approximate surface area is 168 Å². The van der Waals surface area contributed by atoms with E-state index in [9.17, 15) is 18.0 Å². The molecule has 1 saturated heterocycles. The monoisotopic (exact) mass is 412 g/mol. The van der Waals surface area contributed by atoms with Gasteiger partial charge in [0.2, 0.25) is 10.0 Å². The number of rotatable bonds is 4. The summed E-state index contributed by atoms with van der Waals surface area (Å²) < 4.78 is 32.7. The van der Waals surface area contributed by atoms with Crippen LogP contribution in [-0.4, -0.2) is 55.5 Å². The molecular formula is C21H20N2O5S. The zero-order valence-electron chi connectivity index (χ0n) is 15.9. The summed E-state index contributed by atoms with van der Waals surface area (Å²) in [5, 5.41) is 0.853. The first-order valence-electron chi connectivity index (χ1n) is 9.25. The molecule has 2 heterocycles. The van der Waals surface area contributed by atoms with Gasteiger partial charge in [-0.1, -0.05) is 30.3 Å². The van der Waals surface area contributed by atoms with Gasteiger partial charge in [0, 0.05) is 37.1 Å². The predicted molar refractivity (Wildman–Crippen MR) is 107 cm³/mol. The molecule has 3 aromatic rings. The highest BCUT2D eigenvalue weighted by atomic mass is 32.2. The Morgan fingerprint density at radius 1 is 0.931 bits per heavy atom. The minimum atomic E-state index is -3.68. The molecule has 1 aromatic heterocycles. The van der Waals surface area contributed by atoms with Gasteiger partial charge in [0.05, 0.1) is 4.90 Å². The van der Waals surface area contributed by atoms with E-state index in [2.05, 4.69) is 0 Å². The number of hydrogen-bond acceptors (Lipinski definition) is 5. The molecule has 0 aliphatic carbocycles. The third-order valence-corrected chi connectivity index (χ3v) is 6.97. The van der Waals surface area contributed by atoms with Crippen LogP contribution in [0.4, 0.5) is 0 Å². The average molecular weight is 412 g/mol. The van der Waals surface area contributed by atoms with Crippen LogP contribution in [0.25, 0.3) is 11.0 Å². The molecule has 2 aromatic carbocycles. The van der Waals surface area contributed by atoms with Crippen LogP contribution >= 0.6 is 0 Å². The summed E-state index contributed by atoms with van der Waals surface area (Å²) in [7, 11) is -3.68. The van der Waals surface area contributed by atoms with Gasteiger partial charge < -0.3 is 9.32 Å². The molecule has 1 amide bonds. The number of benzene rings is 2. The molecular weight excluding hydrogens is 392 g/mol. The molecule has 0 unspecified atom stereocenters. The van der Waals surface area contributed by atoms with Crippen molar-refractivity contribution < 1.29 is 22.4 Å². The lowest BCUT2D eigenvalue weighted by molar-refractivity contribution is 0.0668. The molecule has 1 aliphatic heterocycles. The molecule has 29 heavy (non-hydrogen) atoms. The van der Waals surface area contributed by atoms with Crippen LogP contribution < -0.4 is 0 Å². The van der Waals surface area contributed by atoms with Gasteiger partial charge in [-0.25, -0.2) is 8.42 Å². The molecule has 0 atom stereocenters. The largest absolute Gasteiger partial charge is 0.451 e. The number of piperazine rings is 1. The molecule has 7 nitrogen and oxygen atoms in total. The highest BCUT2D eigenvalue weighted by Gasteiger charge is 2.31. The molecule has 1 fully saturated rings. The zero-order chi connectivity index (χ0) is 20.6. The highest BCUT2D eigenvalue weighted by molar-refractivity contribution is 7.89. The average Bonchev–Trinajstić information content (AvgIpc) is 3.17. The van der Waals surface area contributed by atoms with Crippen molar-refractivity contribution in [2.75, 3.05) is 26.2 Å². The van der Waals surface area contributed by atoms with Crippen molar-refractivity contribution in [3.05, 3.63) is 65.9 Å². The molecule has 4 rings (SSSR count). The van der Waals surface area contributed by atoms with E-state index in [0.717, 1.165) is 5.39 Å². The molecule has 0 N–H and O–H groups in total. The summed E-state index contributed by atoms with van der Waals surface area (Å²) in [5.41, 5.74) is 1.11. The number of fused-ring (bicyclic) bond motifs is 1. The van der Waals surface area contributed by atoms with Crippen molar-refractivity contribution in [2.24, 2.45) is 0 Å². The smallest absolute Gasteiger partial charge is 0.289 e. The molecule has 0 spiro atoms. The van der Waals surface area contributed by atoms with Crippen molar-refractivity contribution >= 4 is 32.7 Å². The Morgan fingerprint density at radius 2 is 1.59 bits per heavy atom. The van der Waals surface area contributed by atoms with Gasteiger partial charge in [-0.05, 0) is 31.2 Å². The van der Waals surface area contributed by atoms with Crippen LogP contribution in [0.2, 0.25) is 0 Å². The van der Waals surface area contributed by atoms with Crippen LogP contribution in [0.1, 0.15) is 27.8 Å². The Balaban J connectivity index is 1.45. The standard InChI is InChI=1S/C21H20N2O5S/c1-15(24)16-6-8-18(9-7-16)29(26,27)23-12-10-22(11-13-23)21(25)20-14-17-4-2-3-5-19(17)28-20/h2-9,14H,10-13H2,1H3. The molecule has 0 saturated carbocycles. The quantitative estimate of drug-likeness (QED) is 0.615. The lowest BCUT2D eigenvalue weighted by atomic mass is 10.2. The van der Waals surface area contributed by atoms with Gasteiger partial charge in [-0.3, -0.25) is 9.59 Å². The summed E-state index contributed by atoms with van der Waals surface area (Å²) in [6, 6.07) is 15.0. The molecule has 8 heteroatoms. The maximum absolute atomic E-state index is 12.9. The van der Waals surface area contributed by atoms with E-state index in [4.69, 9.17) is 4.42 Å². The van der Waals surface area contributed by atoms with E-state index >= 15 is 0 Å². The Morgan fingerprint density at radius 3 is 2.21 bits per heavy atom. The first-order chi connectivity index (χ1) is 13.9. The van der Waals surface area contributed by atoms with Crippen molar-refractivity contribution in [3.8, 4) is 0 Å². The Hall–Kier alpha value is -2.97. The van der Waals surface area contributed by atoms with Gasteiger partial charge in [-0.15, -0.1) is 0 Å². The van der Waals surface area contributed by atoms with Crippen molar-refractivity contribution in [2.45, 2.75) is 11.8 Å². The summed E-state index contributed by atoms with van der Waals surface area (Å²) in [6.45, 7) is 2.38. The first kappa shape index (κ1) is 19.4. The molecule has 150 valence electrons.